The summed E-state index contributed by atoms with van der Waals surface area (Å²) in [6.07, 6.45) is 1.19. The van der Waals surface area contributed by atoms with Crippen LogP contribution in [-0.2, 0) is 25.1 Å². The van der Waals surface area contributed by atoms with Gasteiger partial charge in [-0.2, -0.15) is 0 Å². The van der Waals surface area contributed by atoms with Crippen molar-refractivity contribution in [1.82, 2.24) is 0 Å². The van der Waals surface area contributed by atoms with Crippen LogP contribution in [0, 0.1) is 0 Å². The molecule has 0 aromatic heterocycles. The van der Waals surface area contributed by atoms with Gasteiger partial charge in [-0.15, -0.1) is 0 Å². The van der Waals surface area contributed by atoms with Gasteiger partial charge in [-0.3, -0.25) is 0 Å². The Morgan fingerprint density at radius 1 is 1.25 bits per heavy atom. The van der Waals surface area contributed by atoms with Crippen molar-refractivity contribution in [1.29, 1.82) is 0 Å². The molecule has 0 radical (unpaired) electrons. The summed E-state index contributed by atoms with van der Waals surface area (Å²) in [5.74, 6) is -0.819. The van der Waals surface area contributed by atoms with Gasteiger partial charge in [-0.05, 0) is 19.1 Å². The highest BCUT2D eigenvalue weighted by Gasteiger charge is 2.33. The Labute approximate surface area is 95.1 Å². The summed E-state index contributed by atoms with van der Waals surface area (Å²) in [6.45, 7) is 2.85. The average Bonchev–Trinajstić information content (AvgIpc) is 2.66. The molecule has 16 heavy (non-hydrogen) atoms. The Balaban J connectivity index is 2.44. The summed E-state index contributed by atoms with van der Waals surface area (Å²) in [5.41, 5.74) is 0.730. The molecular weight excluding hydrogens is 228 g/mol. The zero-order chi connectivity index (χ0) is 11.8. The number of benzene rings is 1. The smallest absolute Gasteiger partial charge is 0.192 e. The molecule has 0 bridgehead atoms. The van der Waals surface area contributed by atoms with E-state index >= 15 is 0 Å². The lowest BCUT2D eigenvalue weighted by atomic mass is 10.1. The number of hydrogen-bond donors (Lipinski definition) is 0. The van der Waals surface area contributed by atoms with Crippen molar-refractivity contribution in [2.45, 2.75) is 17.6 Å². The highest BCUT2D eigenvalue weighted by atomic mass is 32.2. The zero-order valence-corrected chi connectivity index (χ0v) is 10.1. The first-order valence-corrected chi connectivity index (χ1v) is 6.89. The second-order valence-electron chi connectivity index (χ2n) is 3.94. The number of hydrogen-bond acceptors (Lipinski definition) is 4. The second-order valence-corrected chi connectivity index (χ2v) is 5.96. The molecule has 2 rings (SSSR count). The van der Waals surface area contributed by atoms with Crippen LogP contribution < -0.4 is 0 Å². The summed E-state index contributed by atoms with van der Waals surface area (Å²) in [6, 6.07) is 6.67. The number of rotatable bonds is 2. The van der Waals surface area contributed by atoms with E-state index in [4.69, 9.17) is 9.47 Å². The minimum absolute atomic E-state index is 0.283. The maximum Gasteiger partial charge on any atom is 0.192 e. The summed E-state index contributed by atoms with van der Waals surface area (Å²) in [5, 5.41) is 0. The molecular formula is C11H14O4S. The highest BCUT2D eigenvalue weighted by molar-refractivity contribution is 7.90. The minimum Gasteiger partial charge on any atom is -0.344 e. The van der Waals surface area contributed by atoms with Crippen LogP contribution in [0.1, 0.15) is 12.5 Å². The summed E-state index contributed by atoms with van der Waals surface area (Å²) >= 11 is 0. The van der Waals surface area contributed by atoms with Crippen LogP contribution in [0.3, 0.4) is 0 Å². The van der Waals surface area contributed by atoms with Crippen molar-refractivity contribution >= 4 is 9.84 Å². The molecule has 1 saturated heterocycles. The van der Waals surface area contributed by atoms with E-state index in [2.05, 4.69) is 0 Å². The summed E-state index contributed by atoms with van der Waals surface area (Å²) < 4.78 is 33.8. The average molecular weight is 242 g/mol. The van der Waals surface area contributed by atoms with E-state index in [-0.39, 0.29) is 4.90 Å². The lowest BCUT2D eigenvalue weighted by molar-refractivity contribution is -0.149. The van der Waals surface area contributed by atoms with Crippen LogP contribution in [0.4, 0.5) is 0 Å². The lowest BCUT2D eigenvalue weighted by Crippen LogP contribution is -2.22. The molecule has 1 aliphatic rings. The molecule has 0 amide bonds. The van der Waals surface area contributed by atoms with E-state index in [9.17, 15) is 8.42 Å². The first-order valence-electron chi connectivity index (χ1n) is 5.00. The van der Waals surface area contributed by atoms with Gasteiger partial charge in [0.05, 0.1) is 18.1 Å². The topological polar surface area (TPSA) is 52.6 Å². The third-order valence-corrected chi connectivity index (χ3v) is 3.74. The van der Waals surface area contributed by atoms with E-state index in [1.807, 2.05) is 0 Å². The SMILES string of the molecule is CC1(c2cccc(S(C)(=O)=O)c2)OCCO1. The predicted octanol–water partition coefficient (Wildman–Crippen LogP) is 1.31. The Morgan fingerprint density at radius 2 is 1.88 bits per heavy atom. The van der Waals surface area contributed by atoms with Crippen LogP contribution in [0.5, 0.6) is 0 Å². The summed E-state index contributed by atoms with van der Waals surface area (Å²) in [4.78, 5) is 0.283. The summed E-state index contributed by atoms with van der Waals surface area (Å²) in [7, 11) is -3.19. The third kappa shape index (κ3) is 2.11. The molecule has 4 nitrogen and oxygen atoms in total. The van der Waals surface area contributed by atoms with Crippen molar-refractivity contribution < 1.29 is 17.9 Å². The quantitative estimate of drug-likeness (QED) is 0.784. The molecule has 0 aliphatic carbocycles. The van der Waals surface area contributed by atoms with Crippen LogP contribution in [-0.4, -0.2) is 27.9 Å². The van der Waals surface area contributed by atoms with Gasteiger partial charge in [0.15, 0.2) is 15.6 Å². The number of ether oxygens (including phenoxy) is 2. The van der Waals surface area contributed by atoms with Crippen LogP contribution in [0.15, 0.2) is 29.2 Å². The van der Waals surface area contributed by atoms with Crippen LogP contribution in [0.2, 0.25) is 0 Å². The molecule has 1 aromatic rings. The van der Waals surface area contributed by atoms with E-state index in [1.54, 1.807) is 31.2 Å². The zero-order valence-electron chi connectivity index (χ0n) is 9.26. The fraction of sp³-hybridized carbons (Fsp3) is 0.455. The van der Waals surface area contributed by atoms with Gasteiger partial charge in [0.25, 0.3) is 0 Å². The Morgan fingerprint density at radius 3 is 2.44 bits per heavy atom. The number of sulfone groups is 1. The Bertz CT molecular complexity index is 486. The molecule has 5 heteroatoms. The van der Waals surface area contributed by atoms with Crippen molar-refractivity contribution in [3.63, 3.8) is 0 Å². The monoisotopic (exact) mass is 242 g/mol. The van der Waals surface area contributed by atoms with E-state index < -0.39 is 15.6 Å². The maximum absolute atomic E-state index is 11.4. The molecule has 0 saturated carbocycles. The van der Waals surface area contributed by atoms with Gasteiger partial charge in [0.2, 0.25) is 0 Å². The minimum atomic E-state index is -3.19. The van der Waals surface area contributed by atoms with Crippen LogP contribution >= 0.6 is 0 Å². The van der Waals surface area contributed by atoms with Gasteiger partial charge < -0.3 is 9.47 Å². The first kappa shape index (κ1) is 11.6. The standard InChI is InChI=1S/C11H14O4S/c1-11(14-6-7-15-11)9-4-3-5-10(8-9)16(2,12)13/h3-5,8H,6-7H2,1-2H3. The third-order valence-electron chi connectivity index (χ3n) is 2.62. The van der Waals surface area contributed by atoms with Crippen molar-refractivity contribution in [3.8, 4) is 0 Å². The molecule has 88 valence electrons. The van der Waals surface area contributed by atoms with Gasteiger partial charge in [0, 0.05) is 11.8 Å². The van der Waals surface area contributed by atoms with Crippen LogP contribution in [0.25, 0.3) is 0 Å². The fourth-order valence-electron chi connectivity index (χ4n) is 1.69. The largest absolute Gasteiger partial charge is 0.344 e. The highest BCUT2D eigenvalue weighted by Crippen LogP contribution is 2.31. The van der Waals surface area contributed by atoms with Crippen molar-refractivity contribution in [2.75, 3.05) is 19.5 Å². The normalized spacial score (nSPS) is 19.9. The molecule has 1 aliphatic heterocycles. The Kier molecular flexibility index (Phi) is 2.77. The van der Waals surface area contributed by atoms with E-state index in [0.29, 0.717) is 13.2 Å². The lowest BCUT2D eigenvalue weighted by Gasteiger charge is -2.22. The van der Waals surface area contributed by atoms with Gasteiger partial charge >= 0.3 is 0 Å². The fourth-order valence-corrected chi connectivity index (χ4v) is 2.36. The van der Waals surface area contributed by atoms with Crippen molar-refractivity contribution in [3.05, 3.63) is 29.8 Å². The van der Waals surface area contributed by atoms with E-state index in [1.165, 1.54) is 6.26 Å². The molecule has 1 heterocycles. The van der Waals surface area contributed by atoms with E-state index in [0.717, 1.165) is 5.56 Å². The van der Waals surface area contributed by atoms with Crippen molar-refractivity contribution in [2.24, 2.45) is 0 Å². The molecule has 1 fully saturated rings. The Hall–Kier alpha value is -0.910. The maximum atomic E-state index is 11.4. The first-order chi connectivity index (χ1) is 7.42. The molecule has 0 spiro atoms. The predicted molar refractivity (Wildman–Crippen MR) is 58.8 cm³/mol. The molecule has 0 atom stereocenters. The molecule has 0 unspecified atom stereocenters. The van der Waals surface area contributed by atoms with Gasteiger partial charge in [-0.25, -0.2) is 8.42 Å². The van der Waals surface area contributed by atoms with Gasteiger partial charge in [0.1, 0.15) is 0 Å². The molecule has 1 aromatic carbocycles. The van der Waals surface area contributed by atoms with Gasteiger partial charge in [-0.1, -0.05) is 12.1 Å². The molecule has 0 N–H and O–H groups in total. The second kappa shape index (κ2) is 3.84.